The minimum atomic E-state index is -0.512. The third kappa shape index (κ3) is 5.76. The number of carbonyl (C=O) groups is 2. The Hall–Kier alpha value is -3.46. The Labute approximate surface area is 170 Å². The van der Waals surface area contributed by atoms with E-state index in [4.69, 9.17) is 9.47 Å². The zero-order chi connectivity index (χ0) is 20.6. The lowest BCUT2D eigenvalue weighted by Crippen LogP contribution is -2.42. The van der Waals surface area contributed by atoms with E-state index in [1.165, 1.54) is 48.8 Å². The molecule has 0 spiro atoms. The molecule has 7 nitrogen and oxygen atoms in total. The van der Waals surface area contributed by atoms with E-state index in [9.17, 15) is 14.0 Å². The predicted octanol–water partition coefficient (Wildman–Crippen LogP) is 2.87. The molecule has 0 unspecified atom stereocenters. The largest absolute Gasteiger partial charge is 0.493 e. The Morgan fingerprint density at radius 2 is 1.90 bits per heavy atom. The van der Waals surface area contributed by atoms with Crippen LogP contribution in [0.15, 0.2) is 53.4 Å². The van der Waals surface area contributed by atoms with Gasteiger partial charge < -0.3 is 9.47 Å². The third-order valence-corrected chi connectivity index (χ3v) is 4.51. The molecule has 0 bridgehead atoms. The first kappa shape index (κ1) is 20.3. The van der Waals surface area contributed by atoms with Gasteiger partial charge in [0.15, 0.2) is 11.5 Å². The summed E-state index contributed by atoms with van der Waals surface area (Å²) in [6.07, 6.45) is 0.00722. The van der Waals surface area contributed by atoms with Gasteiger partial charge in [0, 0.05) is 10.9 Å². The molecule has 29 heavy (non-hydrogen) atoms. The Morgan fingerprint density at radius 3 is 2.59 bits per heavy atom. The van der Waals surface area contributed by atoms with Crippen LogP contribution in [-0.2, 0) is 17.8 Å². The number of hydrogen-bond acceptors (Lipinski definition) is 6. The van der Waals surface area contributed by atoms with Gasteiger partial charge in [-0.25, -0.2) is 9.37 Å². The predicted molar refractivity (Wildman–Crippen MR) is 105 cm³/mol. The van der Waals surface area contributed by atoms with E-state index in [0.29, 0.717) is 17.1 Å². The summed E-state index contributed by atoms with van der Waals surface area (Å²) in [6.45, 7) is 0.283. The average molecular weight is 415 g/mol. The van der Waals surface area contributed by atoms with E-state index >= 15 is 0 Å². The number of rotatable bonds is 7. The molecular formula is C20H18FN3O4S. The number of carbonyl (C=O) groups excluding carboxylic acids is 2. The van der Waals surface area contributed by atoms with E-state index < -0.39 is 11.8 Å². The normalized spacial score (nSPS) is 10.3. The Morgan fingerprint density at radius 1 is 1.10 bits per heavy atom. The highest BCUT2D eigenvalue weighted by Crippen LogP contribution is 2.28. The van der Waals surface area contributed by atoms with Crippen molar-refractivity contribution in [3.8, 4) is 11.5 Å². The number of benzene rings is 2. The minimum Gasteiger partial charge on any atom is -0.493 e. The highest BCUT2D eigenvalue weighted by Gasteiger charge is 2.13. The number of thiazole rings is 1. The monoisotopic (exact) mass is 415 g/mol. The summed E-state index contributed by atoms with van der Waals surface area (Å²) in [7, 11) is 1.47. The van der Waals surface area contributed by atoms with Gasteiger partial charge in [0.25, 0.3) is 5.91 Å². The maximum atomic E-state index is 12.9. The second kappa shape index (κ2) is 9.65. The lowest BCUT2D eigenvalue weighted by Gasteiger charge is -2.12. The average Bonchev–Trinajstić information content (AvgIpc) is 3.25. The fraction of sp³-hybridized carbons (Fsp3) is 0.150. The van der Waals surface area contributed by atoms with E-state index in [0.717, 1.165) is 5.69 Å². The van der Waals surface area contributed by atoms with Crippen molar-refractivity contribution in [1.29, 1.82) is 0 Å². The molecule has 3 rings (SSSR count). The molecule has 2 amide bonds. The zero-order valence-corrected chi connectivity index (χ0v) is 16.3. The lowest BCUT2D eigenvalue weighted by molar-refractivity contribution is -0.121. The van der Waals surface area contributed by atoms with E-state index in [2.05, 4.69) is 15.8 Å². The van der Waals surface area contributed by atoms with Gasteiger partial charge in [0.2, 0.25) is 5.91 Å². The molecule has 1 heterocycles. The first-order valence-electron chi connectivity index (χ1n) is 8.56. The van der Waals surface area contributed by atoms with Crippen LogP contribution in [0.1, 0.15) is 21.6 Å². The second-order valence-electron chi connectivity index (χ2n) is 5.94. The van der Waals surface area contributed by atoms with Crippen molar-refractivity contribution in [2.45, 2.75) is 13.0 Å². The molecule has 0 saturated heterocycles. The molecule has 0 saturated carbocycles. The first-order valence-corrected chi connectivity index (χ1v) is 9.51. The van der Waals surface area contributed by atoms with Crippen molar-refractivity contribution in [1.82, 2.24) is 15.8 Å². The number of halogens is 1. The van der Waals surface area contributed by atoms with Gasteiger partial charge in [-0.05, 0) is 35.9 Å². The molecule has 0 aliphatic carbocycles. The van der Waals surface area contributed by atoms with Crippen LogP contribution in [0, 0.1) is 5.82 Å². The smallest absolute Gasteiger partial charge is 0.269 e. The Kier molecular flexibility index (Phi) is 6.75. The van der Waals surface area contributed by atoms with Crippen LogP contribution >= 0.6 is 11.3 Å². The van der Waals surface area contributed by atoms with E-state index in [1.54, 1.807) is 17.6 Å². The molecule has 0 fully saturated rings. The van der Waals surface area contributed by atoms with E-state index in [-0.39, 0.29) is 24.4 Å². The van der Waals surface area contributed by atoms with Crippen LogP contribution in [0.3, 0.4) is 0 Å². The molecule has 150 valence electrons. The Bertz CT molecular complexity index is 978. The van der Waals surface area contributed by atoms with Crippen LogP contribution in [0.4, 0.5) is 4.39 Å². The highest BCUT2D eigenvalue weighted by molar-refractivity contribution is 7.07. The molecule has 9 heteroatoms. The van der Waals surface area contributed by atoms with Crippen LogP contribution in [0.5, 0.6) is 11.5 Å². The summed E-state index contributed by atoms with van der Waals surface area (Å²) in [5, 5.41) is 1.88. The molecule has 2 N–H and O–H groups in total. The summed E-state index contributed by atoms with van der Waals surface area (Å²) in [6, 6.07) is 10.2. The van der Waals surface area contributed by atoms with Gasteiger partial charge in [-0.1, -0.05) is 12.1 Å². The van der Waals surface area contributed by atoms with Gasteiger partial charge in [0.05, 0.1) is 24.7 Å². The number of methoxy groups -OCH3 is 1. The molecule has 0 radical (unpaired) electrons. The summed E-state index contributed by atoms with van der Waals surface area (Å²) >= 11 is 1.47. The van der Waals surface area contributed by atoms with Crippen LogP contribution in [0.2, 0.25) is 0 Å². The molecule has 3 aromatic rings. The molecule has 0 aliphatic rings. The fourth-order valence-corrected chi connectivity index (χ4v) is 2.96. The van der Waals surface area contributed by atoms with Gasteiger partial charge in [0.1, 0.15) is 12.4 Å². The third-order valence-electron chi connectivity index (χ3n) is 3.88. The summed E-state index contributed by atoms with van der Waals surface area (Å²) in [5.41, 5.74) is 8.09. The summed E-state index contributed by atoms with van der Waals surface area (Å²) in [5.74, 6) is -0.472. The standard InChI is InChI=1S/C20H18FN3O4S/c1-27-18-9-14(4-7-17(18)28-10-16-11-29-12-22-16)20(26)24-23-19(25)8-13-2-5-15(21)6-3-13/h2-7,9,11-12H,8,10H2,1H3,(H,23,25)(H,24,26). The van der Waals surface area contributed by atoms with Crippen LogP contribution in [-0.4, -0.2) is 23.9 Å². The maximum absolute atomic E-state index is 12.9. The Balaban J connectivity index is 1.55. The number of ether oxygens (including phenoxy) is 2. The summed E-state index contributed by atoms with van der Waals surface area (Å²) < 4.78 is 23.8. The highest BCUT2D eigenvalue weighted by atomic mass is 32.1. The van der Waals surface area contributed by atoms with Gasteiger partial charge in [-0.15, -0.1) is 11.3 Å². The topological polar surface area (TPSA) is 89.6 Å². The summed E-state index contributed by atoms with van der Waals surface area (Å²) in [4.78, 5) is 28.4. The van der Waals surface area contributed by atoms with Crippen LogP contribution in [0.25, 0.3) is 0 Å². The number of aromatic nitrogens is 1. The maximum Gasteiger partial charge on any atom is 0.269 e. The molecule has 2 aromatic carbocycles. The molecular weight excluding hydrogens is 397 g/mol. The molecule has 0 atom stereocenters. The first-order chi connectivity index (χ1) is 14.0. The van der Waals surface area contributed by atoms with Crippen molar-refractivity contribution in [3.63, 3.8) is 0 Å². The number of nitrogens with zero attached hydrogens (tertiary/aromatic N) is 1. The van der Waals surface area contributed by atoms with Gasteiger partial charge in [-0.3, -0.25) is 20.4 Å². The quantitative estimate of drug-likeness (QED) is 0.579. The lowest BCUT2D eigenvalue weighted by atomic mass is 10.1. The van der Waals surface area contributed by atoms with Crippen molar-refractivity contribution in [2.75, 3.05) is 7.11 Å². The SMILES string of the molecule is COc1cc(C(=O)NNC(=O)Cc2ccc(F)cc2)ccc1OCc1cscn1. The number of nitrogens with one attached hydrogen (secondary N) is 2. The van der Waals surface area contributed by atoms with Gasteiger partial charge in [-0.2, -0.15) is 0 Å². The van der Waals surface area contributed by atoms with Crippen molar-refractivity contribution < 1.29 is 23.5 Å². The minimum absolute atomic E-state index is 0.00722. The van der Waals surface area contributed by atoms with E-state index in [1.807, 2.05) is 5.38 Å². The molecule has 0 aliphatic heterocycles. The second-order valence-corrected chi connectivity index (χ2v) is 6.66. The fourth-order valence-electron chi connectivity index (χ4n) is 2.42. The molecule has 1 aromatic heterocycles. The van der Waals surface area contributed by atoms with Gasteiger partial charge >= 0.3 is 0 Å². The van der Waals surface area contributed by atoms with Crippen LogP contribution < -0.4 is 20.3 Å². The van der Waals surface area contributed by atoms with Crippen molar-refractivity contribution in [2.24, 2.45) is 0 Å². The van der Waals surface area contributed by atoms with Crippen molar-refractivity contribution >= 4 is 23.2 Å². The van der Waals surface area contributed by atoms with Crippen molar-refractivity contribution in [3.05, 3.63) is 76.0 Å². The zero-order valence-electron chi connectivity index (χ0n) is 15.5. The number of amides is 2. The number of hydrogen-bond donors (Lipinski definition) is 2. The number of hydrazine groups is 1.